The molecule has 0 bridgehead atoms. The topological polar surface area (TPSA) is 75.5 Å². The van der Waals surface area contributed by atoms with Gasteiger partial charge in [0.25, 0.3) is 0 Å². The van der Waals surface area contributed by atoms with E-state index in [4.69, 9.17) is 14.2 Å². The summed E-state index contributed by atoms with van der Waals surface area (Å²) in [6, 6.07) is 11.8. The van der Waals surface area contributed by atoms with Crippen LogP contribution in [0.25, 0.3) is 0 Å². The van der Waals surface area contributed by atoms with Gasteiger partial charge in [-0.15, -0.1) is 5.10 Å². The second-order valence-corrected chi connectivity index (χ2v) is 6.69. The lowest BCUT2D eigenvalue weighted by atomic mass is 10.2. The molecule has 30 heavy (non-hydrogen) atoms. The molecule has 2 aromatic heterocycles. The molecule has 0 fully saturated rings. The predicted molar refractivity (Wildman–Crippen MR) is 112 cm³/mol. The van der Waals surface area contributed by atoms with Gasteiger partial charge in [0.05, 0.1) is 19.8 Å². The normalized spacial score (nSPS) is 10.6. The SMILES string of the molecule is CCOC(=O)CCc1cn(Cc2ccc(OCc3cccnc3)cc2)nc1OCC. The smallest absolute Gasteiger partial charge is 0.306 e. The van der Waals surface area contributed by atoms with Crippen molar-refractivity contribution < 1.29 is 19.0 Å². The van der Waals surface area contributed by atoms with Gasteiger partial charge in [-0.2, -0.15) is 0 Å². The van der Waals surface area contributed by atoms with E-state index in [2.05, 4.69) is 10.1 Å². The quantitative estimate of drug-likeness (QED) is 0.449. The Labute approximate surface area is 176 Å². The number of esters is 1. The Kier molecular flexibility index (Phi) is 7.83. The number of ether oxygens (including phenoxy) is 3. The van der Waals surface area contributed by atoms with Gasteiger partial charge in [-0.25, -0.2) is 0 Å². The van der Waals surface area contributed by atoms with Gasteiger partial charge in [0, 0.05) is 36.1 Å². The lowest BCUT2D eigenvalue weighted by molar-refractivity contribution is -0.143. The van der Waals surface area contributed by atoms with Crippen LogP contribution >= 0.6 is 0 Å². The van der Waals surface area contributed by atoms with Crippen LogP contribution in [0.1, 0.15) is 37.0 Å². The van der Waals surface area contributed by atoms with Crippen molar-refractivity contribution in [3.63, 3.8) is 0 Å². The summed E-state index contributed by atoms with van der Waals surface area (Å²) in [6.45, 7) is 5.70. The molecule has 1 aromatic carbocycles. The van der Waals surface area contributed by atoms with Crippen molar-refractivity contribution >= 4 is 5.97 Å². The summed E-state index contributed by atoms with van der Waals surface area (Å²) in [4.78, 5) is 15.7. The number of pyridine rings is 1. The number of aromatic nitrogens is 3. The summed E-state index contributed by atoms with van der Waals surface area (Å²) >= 11 is 0. The first-order valence-electron chi connectivity index (χ1n) is 10.1. The maximum absolute atomic E-state index is 11.7. The van der Waals surface area contributed by atoms with Crippen LogP contribution in [-0.2, 0) is 29.1 Å². The third-order valence-electron chi connectivity index (χ3n) is 4.38. The number of benzene rings is 1. The summed E-state index contributed by atoms with van der Waals surface area (Å²) in [7, 11) is 0. The Morgan fingerprint density at radius 1 is 1.03 bits per heavy atom. The third-order valence-corrected chi connectivity index (χ3v) is 4.38. The van der Waals surface area contributed by atoms with Gasteiger partial charge in [0.15, 0.2) is 0 Å². The number of carbonyl (C=O) groups is 1. The molecular weight excluding hydrogens is 382 g/mol. The Bertz CT molecular complexity index is 923. The lowest BCUT2D eigenvalue weighted by Gasteiger charge is -2.07. The monoisotopic (exact) mass is 409 g/mol. The Morgan fingerprint density at radius 3 is 2.57 bits per heavy atom. The zero-order valence-corrected chi connectivity index (χ0v) is 17.4. The largest absolute Gasteiger partial charge is 0.489 e. The average molecular weight is 409 g/mol. The van der Waals surface area contributed by atoms with E-state index < -0.39 is 0 Å². The highest BCUT2D eigenvalue weighted by molar-refractivity contribution is 5.69. The lowest BCUT2D eigenvalue weighted by Crippen LogP contribution is -2.05. The number of hydrogen-bond acceptors (Lipinski definition) is 6. The number of carbonyl (C=O) groups excluding carboxylic acids is 1. The number of aryl methyl sites for hydroxylation is 1. The highest BCUT2D eigenvalue weighted by Crippen LogP contribution is 2.20. The van der Waals surface area contributed by atoms with Crippen LogP contribution in [0.3, 0.4) is 0 Å². The average Bonchev–Trinajstić information content (AvgIpc) is 3.14. The molecule has 0 spiro atoms. The summed E-state index contributed by atoms with van der Waals surface area (Å²) in [6.07, 6.45) is 6.31. The van der Waals surface area contributed by atoms with Gasteiger partial charge in [-0.05, 0) is 44.0 Å². The Balaban J connectivity index is 1.59. The molecule has 0 unspecified atom stereocenters. The molecule has 7 nitrogen and oxygen atoms in total. The van der Waals surface area contributed by atoms with Gasteiger partial charge in [-0.1, -0.05) is 18.2 Å². The van der Waals surface area contributed by atoms with Crippen molar-refractivity contribution in [2.75, 3.05) is 13.2 Å². The standard InChI is InChI=1S/C23H27N3O4/c1-3-28-22(27)12-9-20-16-26(25-23(20)29-4-2)15-18-7-10-21(11-8-18)30-17-19-6-5-13-24-14-19/h5-8,10-11,13-14,16H,3-4,9,12,15,17H2,1-2H3. The maximum Gasteiger partial charge on any atom is 0.306 e. The molecule has 0 aliphatic heterocycles. The fourth-order valence-corrected chi connectivity index (χ4v) is 2.95. The molecule has 7 heteroatoms. The van der Waals surface area contributed by atoms with Crippen LogP contribution in [0, 0.1) is 0 Å². The molecule has 0 saturated carbocycles. The molecule has 0 atom stereocenters. The van der Waals surface area contributed by atoms with Crippen molar-refractivity contribution in [3.8, 4) is 11.6 Å². The summed E-state index contributed by atoms with van der Waals surface area (Å²) in [5, 5.41) is 4.52. The molecule has 0 amide bonds. The second-order valence-electron chi connectivity index (χ2n) is 6.69. The van der Waals surface area contributed by atoms with Crippen molar-refractivity contribution in [1.29, 1.82) is 0 Å². The van der Waals surface area contributed by atoms with Crippen molar-refractivity contribution in [2.24, 2.45) is 0 Å². The van der Waals surface area contributed by atoms with Gasteiger partial charge in [0.2, 0.25) is 5.88 Å². The summed E-state index contributed by atoms with van der Waals surface area (Å²) in [5.74, 6) is 1.15. The molecule has 0 radical (unpaired) electrons. The maximum atomic E-state index is 11.7. The van der Waals surface area contributed by atoms with Gasteiger partial charge in [-0.3, -0.25) is 14.5 Å². The van der Waals surface area contributed by atoms with Gasteiger partial charge in [0.1, 0.15) is 12.4 Å². The van der Waals surface area contributed by atoms with Crippen LogP contribution in [0.2, 0.25) is 0 Å². The molecule has 0 N–H and O–H groups in total. The third kappa shape index (κ3) is 6.34. The molecule has 3 rings (SSSR count). The number of hydrogen-bond donors (Lipinski definition) is 0. The molecular formula is C23H27N3O4. The minimum atomic E-state index is -0.213. The fourth-order valence-electron chi connectivity index (χ4n) is 2.95. The van der Waals surface area contributed by atoms with E-state index in [1.165, 1.54) is 0 Å². The summed E-state index contributed by atoms with van der Waals surface area (Å²) < 4.78 is 18.3. The van der Waals surface area contributed by atoms with E-state index in [0.717, 1.165) is 22.4 Å². The van der Waals surface area contributed by atoms with Gasteiger partial charge < -0.3 is 14.2 Å². The molecule has 2 heterocycles. The van der Waals surface area contributed by atoms with Crippen LogP contribution in [0.5, 0.6) is 11.6 Å². The molecule has 0 aliphatic carbocycles. The van der Waals surface area contributed by atoms with E-state index in [-0.39, 0.29) is 5.97 Å². The second kappa shape index (κ2) is 11.0. The van der Waals surface area contributed by atoms with E-state index >= 15 is 0 Å². The van der Waals surface area contributed by atoms with Crippen LogP contribution in [0.4, 0.5) is 0 Å². The minimum absolute atomic E-state index is 0.213. The number of rotatable bonds is 11. The highest BCUT2D eigenvalue weighted by Gasteiger charge is 2.13. The molecule has 3 aromatic rings. The van der Waals surface area contributed by atoms with Crippen LogP contribution in [0.15, 0.2) is 55.0 Å². The van der Waals surface area contributed by atoms with E-state index in [0.29, 0.717) is 45.1 Å². The first kappa shape index (κ1) is 21.4. The first-order chi connectivity index (χ1) is 14.7. The zero-order valence-electron chi connectivity index (χ0n) is 17.4. The molecule has 158 valence electrons. The minimum Gasteiger partial charge on any atom is -0.489 e. The van der Waals surface area contributed by atoms with Crippen molar-refractivity contribution in [2.45, 2.75) is 39.8 Å². The highest BCUT2D eigenvalue weighted by atomic mass is 16.5. The van der Waals surface area contributed by atoms with E-state index in [1.54, 1.807) is 19.3 Å². The summed E-state index contributed by atoms with van der Waals surface area (Å²) in [5.41, 5.74) is 3.02. The fraction of sp³-hybridized carbons (Fsp3) is 0.348. The Morgan fingerprint density at radius 2 is 1.87 bits per heavy atom. The predicted octanol–water partition coefficient (Wildman–Crippen LogP) is 3.80. The van der Waals surface area contributed by atoms with E-state index in [9.17, 15) is 4.79 Å². The van der Waals surface area contributed by atoms with Crippen molar-refractivity contribution in [1.82, 2.24) is 14.8 Å². The van der Waals surface area contributed by atoms with Crippen LogP contribution in [-0.4, -0.2) is 33.9 Å². The molecule has 0 aliphatic rings. The zero-order chi connectivity index (χ0) is 21.2. The first-order valence-corrected chi connectivity index (χ1v) is 10.1. The molecule has 0 saturated heterocycles. The number of nitrogens with zero attached hydrogens (tertiary/aromatic N) is 3. The van der Waals surface area contributed by atoms with Crippen LogP contribution < -0.4 is 9.47 Å². The Hall–Kier alpha value is -3.35. The van der Waals surface area contributed by atoms with Crippen molar-refractivity contribution in [3.05, 3.63) is 71.7 Å². The van der Waals surface area contributed by atoms with Gasteiger partial charge >= 0.3 is 5.97 Å². The van der Waals surface area contributed by atoms with E-state index in [1.807, 2.05) is 54.2 Å².